The van der Waals surface area contributed by atoms with E-state index in [1.807, 2.05) is 72.2 Å². The number of amides is 1. The Morgan fingerprint density at radius 2 is 0.958 bits per heavy atom. The van der Waals surface area contributed by atoms with Crippen molar-refractivity contribution >= 4 is 33.2 Å². The van der Waals surface area contributed by atoms with Gasteiger partial charge in [0.05, 0.1) is 7.11 Å². The van der Waals surface area contributed by atoms with Crippen molar-refractivity contribution in [1.82, 2.24) is 15.1 Å². The van der Waals surface area contributed by atoms with Crippen molar-refractivity contribution in [3.8, 4) is 0 Å². The molecular weight excluding hydrogens is 628 g/mol. The second kappa shape index (κ2) is 53.8. The van der Waals surface area contributed by atoms with E-state index in [2.05, 4.69) is 75.6 Å². The molecule has 0 aromatic heterocycles. The third kappa shape index (κ3) is 436. The number of Topliss-reactive ketones (excluding diaryl/α,β-unsaturated/α-hetero) is 1. The Balaban J connectivity index is -0.0000000421. The highest BCUT2D eigenvalue weighted by atomic mass is 32.2. The highest BCUT2D eigenvalue weighted by Crippen LogP contribution is 2.08. The van der Waals surface area contributed by atoms with Gasteiger partial charge < -0.3 is 24.6 Å². The molecule has 0 aliphatic rings. The molecule has 1 N–H and O–H groups in total. The number of hydrogen-bond acceptors (Lipinski definition) is 9. The fraction of sp³-hybridized carbons (Fsp3) is 0.730. The van der Waals surface area contributed by atoms with Gasteiger partial charge in [-0.1, -0.05) is 91.3 Å². The lowest BCUT2D eigenvalue weighted by Gasteiger charge is -2.05. The van der Waals surface area contributed by atoms with Gasteiger partial charge in [-0.25, -0.2) is 8.42 Å². The van der Waals surface area contributed by atoms with Crippen molar-refractivity contribution in [3.05, 3.63) is 35.9 Å². The number of ketones is 1. The van der Waals surface area contributed by atoms with Crippen molar-refractivity contribution < 1.29 is 27.5 Å². The highest BCUT2D eigenvalue weighted by Gasteiger charge is 1.95. The van der Waals surface area contributed by atoms with Crippen molar-refractivity contribution in [2.24, 2.45) is 10.4 Å². The van der Waals surface area contributed by atoms with Gasteiger partial charge in [-0.15, -0.1) is 0 Å². The third-order valence-electron chi connectivity index (χ3n) is 2.30. The molecule has 0 spiro atoms. The Labute approximate surface area is 301 Å². The number of carbonyl (C=O) groups is 3. The summed E-state index contributed by atoms with van der Waals surface area (Å²) in [6.07, 6.45) is 3.57. The van der Waals surface area contributed by atoms with E-state index in [1.54, 1.807) is 21.1 Å². The number of nitrogens with zero attached hydrogens (tertiary/aromatic N) is 3. The van der Waals surface area contributed by atoms with E-state index in [1.165, 1.54) is 51.7 Å². The van der Waals surface area contributed by atoms with Gasteiger partial charge in [0.1, 0.15) is 15.6 Å². The number of aryl methyl sites for hydroxylation is 1. The predicted molar refractivity (Wildman–Crippen MR) is 217 cm³/mol. The fourth-order valence-corrected chi connectivity index (χ4v) is 0.534. The maximum absolute atomic E-state index is 10.1. The van der Waals surface area contributed by atoms with E-state index in [0.717, 1.165) is 18.2 Å². The van der Waals surface area contributed by atoms with Crippen LogP contribution in [-0.2, 0) is 29.0 Å². The number of hydrogen-bond donors (Lipinski definition) is 1. The Bertz CT molecular complexity index is 869. The Hall–Kier alpha value is -2.63. The van der Waals surface area contributed by atoms with Gasteiger partial charge in [-0.05, 0) is 75.3 Å². The molecule has 0 radical (unpaired) electrons. The first-order valence-electron chi connectivity index (χ1n) is 15.3. The largest absolute Gasteiger partial charge is 0.469 e. The number of sulfone groups is 1. The van der Waals surface area contributed by atoms with Gasteiger partial charge >= 0.3 is 5.97 Å². The van der Waals surface area contributed by atoms with Crippen LogP contribution < -0.4 is 5.32 Å². The molecule has 0 fully saturated rings. The summed E-state index contributed by atoms with van der Waals surface area (Å²) in [6.45, 7) is 25.0. The van der Waals surface area contributed by atoms with Crippen LogP contribution in [0.15, 0.2) is 35.3 Å². The summed E-state index contributed by atoms with van der Waals surface area (Å²) in [5.41, 5.74) is 2.95. The molecule has 0 saturated heterocycles. The lowest BCUT2D eigenvalue weighted by Crippen LogP contribution is -2.17. The molecule has 1 rings (SSSR count). The van der Waals surface area contributed by atoms with E-state index < -0.39 is 9.84 Å². The van der Waals surface area contributed by atoms with Gasteiger partial charge in [-0.3, -0.25) is 14.6 Å². The molecule has 0 bridgehead atoms. The molecule has 0 atom stereocenters. The van der Waals surface area contributed by atoms with Crippen LogP contribution in [0.1, 0.15) is 102 Å². The minimum Gasteiger partial charge on any atom is -0.469 e. The monoisotopic (exact) mass is 713 g/mol. The van der Waals surface area contributed by atoms with Crippen LogP contribution >= 0.6 is 0 Å². The Morgan fingerprint density at radius 3 is 1.00 bits per heavy atom. The Morgan fingerprint density at radius 1 is 0.812 bits per heavy atom. The molecule has 1 aromatic rings. The molecule has 48 heavy (non-hydrogen) atoms. The van der Waals surface area contributed by atoms with Crippen LogP contribution in [-0.4, -0.2) is 118 Å². The number of ether oxygens (including phenoxy) is 1. The number of nitrogens with one attached hydrogen (secondary N) is 1. The number of aliphatic imine (C=N–C) groups is 1. The average Bonchev–Trinajstić information content (AvgIpc) is 2.84. The van der Waals surface area contributed by atoms with Crippen molar-refractivity contribution in [3.63, 3.8) is 0 Å². The van der Waals surface area contributed by atoms with E-state index in [9.17, 15) is 22.8 Å². The second-order valence-corrected chi connectivity index (χ2v) is 14.8. The van der Waals surface area contributed by atoms with Gasteiger partial charge in [0.2, 0.25) is 5.91 Å². The van der Waals surface area contributed by atoms with Crippen molar-refractivity contribution in [2.45, 2.75) is 104 Å². The van der Waals surface area contributed by atoms with Gasteiger partial charge in [-0.2, -0.15) is 0 Å². The van der Waals surface area contributed by atoms with Gasteiger partial charge in [0, 0.05) is 53.2 Å². The normalized spacial score (nSPS) is 8.19. The predicted octanol–water partition coefficient (Wildman–Crippen LogP) is 7.74. The van der Waals surface area contributed by atoms with Gasteiger partial charge in [0.25, 0.3) is 0 Å². The first-order chi connectivity index (χ1) is 20.9. The fourth-order valence-electron chi connectivity index (χ4n) is 0.534. The summed E-state index contributed by atoms with van der Waals surface area (Å²) >= 11 is 0. The zero-order chi connectivity index (χ0) is 40.4. The Kier molecular flexibility index (Phi) is 80.1. The highest BCUT2D eigenvalue weighted by molar-refractivity contribution is 7.89. The summed E-state index contributed by atoms with van der Waals surface area (Å²) in [5.74, 6) is 0.0139. The lowest BCUT2D eigenvalue weighted by molar-refractivity contribution is -0.138. The maximum Gasteiger partial charge on any atom is 0.302 e. The summed E-state index contributed by atoms with van der Waals surface area (Å²) in [5, 5.41) is 2.75. The molecule has 0 aliphatic heterocycles. The summed E-state index contributed by atoms with van der Waals surface area (Å²) in [4.78, 5) is 36.4. The summed E-state index contributed by atoms with van der Waals surface area (Å²) in [7, 11) is 13.7. The lowest BCUT2D eigenvalue weighted by atomic mass is 10.0. The van der Waals surface area contributed by atoms with Crippen LogP contribution in [0, 0.1) is 12.3 Å². The van der Waals surface area contributed by atoms with Crippen LogP contribution in [0.25, 0.3) is 0 Å². The average molecular weight is 713 g/mol. The quantitative estimate of drug-likeness (QED) is 0.214. The number of rotatable bonds is 0. The topological polar surface area (TPSA) is 125 Å². The molecule has 11 heteroatoms. The molecule has 0 heterocycles. The van der Waals surface area contributed by atoms with Crippen LogP contribution in [0.3, 0.4) is 0 Å². The van der Waals surface area contributed by atoms with Gasteiger partial charge in [0.15, 0.2) is 0 Å². The maximum atomic E-state index is 10.1. The summed E-state index contributed by atoms with van der Waals surface area (Å²) < 4.78 is 23.4. The molecular formula is C37H84N4O6S. The molecule has 10 nitrogen and oxygen atoms in total. The van der Waals surface area contributed by atoms with Crippen molar-refractivity contribution in [1.29, 1.82) is 0 Å². The minimum atomic E-state index is -2.67. The minimum absolute atomic E-state index is 0. The number of methoxy groups -OCH3 is 1. The summed E-state index contributed by atoms with van der Waals surface area (Å²) in [6, 6.07) is 10.3. The molecule has 0 unspecified atom stereocenters. The van der Waals surface area contributed by atoms with E-state index in [-0.39, 0.29) is 25.1 Å². The number of esters is 1. The zero-order valence-electron chi connectivity index (χ0n) is 35.3. The molecule has 294 valence electrons. The first kappa shape index (κ1) is 71.4. The SMILES string of the molecule is C.CC(=O)N(C)C.CC(C)(C)C.CC(C)=O.CCC.CN(C)C.CN=C(C)C.CNC.COC(C)=O.CS(C)(=O)=O.Cc1ccccc1. The van der Waals surface area contributed by atoms with E-state index in [4.69, 9.17) is 0 Å². The first-order valence-corrected chi connectivity index (χ1v) is 17.6. The van der Waals surface area contributed by atoms with Crippen LogP contribution in [0.2, 0.25) is 0 Å². The molecule has 1 amide bonds. The number of benzene rings is 1. The molecule has 1 aromatic carbocycles. The van der Waals surface area contributed by atoms with E-state index in [0.29, 0.717) is 5.41 Å². The van der Waals surface area contributed by atoms with Crippen molar-refractivity contribution in [2.75, 3.05) is 76.0 Å². The van der Waals surface area contributed by atoms with Crippen LogP contribution in [0.4, 0.5) is 0 Å². The number of carbonyl (C=O) groups excluding carboxylic acids is 3. The third-order valence-corrected chi connectivity index (χ3v) is 2.30. The second-order valence-electron chi connectivity index (χ2n) is 12.5. The standard InChI is InChI=1S/C7H8.C5H12.C4H9NO.C4H9N.C3H9N.C3H6O2.C3H6O.C3H8.C2H7N.C2H6O2S.CH4/c1-7-5-3-2-4-6-7;1-5(2,3)4;1-4(6)5(2)3;1-4(2)5-3;1-4(2)3;1-3(4)5-2;1-3(2)4;2*1-3-2;1-5(2,3)4;/h2-6H,1H3;1-4H3;1-3H3;1-3H3;1-3H3;1-2H3;1-2H3;3H2,1-2H3;3H,1-2H3;1-2H3;1H4. The van der Waals surface area contributed by atoms with E-state index >= 15 is 0 Å². The molecule has 0 aliphatic carbocycles. The smallest absolute Gasteiger partial charge is 0.302 e. The zero-order valence-corrected chi connectivity index (χ0v) is 36.1. The van der Waals surface area contributed by atoms with Crippen LogP contribution in [0.5, 0.6) is 0 Å². The molecule has 0 saturated carbocycles.